The molecule has 0 saturated heterocycles. The Kier molecular flexibility index (Phi) is 6.82. The van der Waals surface area contributed by atoms with Crippen LogP contribution in [0.2, 0.25) is 0 Å². The van der Waals surface area contributed by atoms with Crippen LogP contribution in [0.15, 0.2) is 60.2 Å². The topological polar surface area (TPSA) is 88.9 Å². The number of thiazole rings is 1. The lowest BCUT2D eigenvalue weighted by Crippen LogP contribution is -2.35. The fourth-order valence-corrected chi connectivity index (χ4v) is 6.02. The van der Waals surface area contributed by atoms with Crippen molar-refractivity contribution in [3.8, 4) is 21.1 Å². The number of nitrogens with one attached hydrogen (secondary N) is 2. The summed E-state index contributed by atoms with van der Waals surface area (Å²) in [5.41, 5.74) is 2.46. The number of rotatable bonds is 8. The van der Waals surface area contributed by atoms with Gasteiger partial charge >= 0.3 is 0 Å². The van der Waals surface area contributed by atoms with Gasteiger partial charge in [-0.1, -0.05) is 49.2 Å². The number of aromatic nitrogens is 3. The number of amides is 2. The Morgan fingerprint density at radius 1 is 1.06 bits per heavy atom. The largest absolute Gasteiger partial charge is 0.352 e. The summed E-state index contributed by atoms with van der Waals surface area (Å²) in [4.78, 5) is 31.9. The molecule has 0 spiro atoms. The predicted molar refractivity (Wildman–Crippen MR) is 136 cm³/mol. The molecule has 174 valence electrons. The van der Waals surface area contributed by atoms with Crippen LogP contribution in [0.25, 0.3) is 21.1 Å². The van der Waals surface area contributed by atoms with E-state index in [1.807, 2.05) is 47.8 Å². The van der Waals surface area contributed by atoms with Crippen molar-refractivity contribution in [2.75, 3.05) is 5.32 Å². The van der Waals surface area contributed by atoms with Gasteiger partial charge in [0, 0.05) is 22.7 Å². The fraction of sp³-hybridized carbons (Fsp3) is 0.280. The molecule has 7 nitrogen and oxygen atoms in total. The molecule has 9 heteroatoms. The zero-order chi connectivity index (χ0) is 23.3. The van der Waals surface area contributed by atoms with E-state index in [4.69, 9.17) is 4.98 Å². The quantitative estimate of drug-likeness (QED) is 0.364. The van der Waals surface area contributed by atoms with E-state index in [0.717, 1.165) is 38.9 Å². The first-order valence-electron chi connectivity index (χ1n) is 11.3. The molecule has 1 aliphatic carbocycles. The molecule has 1 fully saturated rings. The standard InChI is InChI=1S/C25H25N5O2S2/c31-22(28-19-14-26-30(15-19)16-23(32)27-18-9-4-5-10-18)13-21-24(20-11-6-12-33-20)29-25(34-21)17-7-2-1-3-8-17/h1-3,6-8,11-12,14-15,18H,4-5,9-10,13,16H2,(H,27,32)(H,28,31). The number of hydrogen-bond donors (Lipinski definition) is 2. The van der Waals surface area contributed by atoms with E-state index in [-0.39, 0.29) is 30.8 Å². The van der Waals surface area contributed by atoms with Crippen LogP contribution in [0.4, 0.5) is 5.69 Å². The SMILES string of the molecule is O=C(Cc1sc(-c2ccccc2)nc1-c1cccs1)Nc1cnn(CC(=O)NC2CCCC2)c1. The number of thiophene rings is 1. The minimum absolute atomic E-state index is 0.0495. The van der Waals surface area contributed by atoms with Gasteiger partial charge in [-0.2, -0.15) is 5.10 Å². The van der Waals surface area contributed by atoms with Gasteiger partial charge in [-0.15, -0.1) is 22.7 Å². The summed E-state index contributed by atoms with van der Waals surface area (Å²) in [7, 11) is 0. The maximum Gasteiger partial charge on any atom is 0.241 e. The molecular weight excluding hydrogens is 466 g/mol. The molecule has 34 heavy (non-hydrogen) atoms. The second-order valence-corrected chi connectivity index (χ2v) is 10.4. The third-order valence-corrected chi connectivity index (χ3v) is 7.72. The molecule has 2 N–H and O–H groups in total. The van der Waals surface area contributed by atoms with Gasteiger partial charge in [-0.25, -0.2) is 4.98 Å². The van der Waals surface area contributed by atoms with Crippen molar-refractivity contribution in [2.45, 2.75) is 44.7 Å². The molecule has 4 aromatic rings. The summed E-state index contributed by atoms with van der Waals surface area (Å²) < 4.78 is 1.55. The Morgan fingerprint density at radius 3 is 2.65 bits per heavy atom. The van der Waals surface area contributed by atoms with Crippen molar-refractivity contribution in [3.63, 3.8) is 0 Å². The molecule has 0 atom stereocenters. The van der Waals surface area contributed by atoms with Crippen molar-refractivity contribution >= 4 is 40.2 Å². The van der Waals surface area contributed by atoms with E-state index >= 15 is 0 Å². The Bertz CT molecular complexity index is 1260. The molecule has 1 saturated carbocycles. The third-order valence-electron chi connectivity index (χ3n) is 5.74. The van der Waals surface area contributed by atoms with Crippen LogP contribution in [0.3, 0.4) is 0 Å². The number of hydrogen-bond acceptors (Lipinski definition) is 6. The molecule has 0 unspecified atom stereocenters. The summed E-state index contributed by atoms with van der Waals surface area (Å²) in [6.07, 6.45) is 7.90. The van der Waals surface area contributed by atoms with E-state index in [9.17, 15) is 9.59 Å². The highest BCUT2D eigenvalue weighted by Crippen LogP contribution is 2.36. The highest BCUT2D eigenvalue weighted by Gasteiger charge is 2.19. The number of nitrogens with zero attached hydrogens (tertiary/aromatic N) is 3. The summed E-state index contributed by atoms with van der Waals surface area (Å²) >= 11 is 3.15. The van der Waals surface area contributed by atoms with Gasteiger partial charge in [0.15, 0.2) is 0 Å². The normalized spacial score (nSPS) is 13.8. The van der Waals surface area contributed by atoms with E-state index in [1.165, 1.54) is 24.2 Å². The van der Waals surface area contributed by atoms with Gasteiger partial charge in [-0.3, -0.25) is 14.3 Å². The molecule has 0 bridgehead atoms. The summed E-state index contributed by atoms with van der Waals surface area (Å²) in [6.45, 7) is 0.143. The van der Waals surface area contributed by atoms with Gasteiger partial charge in [0.1, 0.15) is 11.6 Å². The fourth-order valence-electron chi connectivity index (χ4n) is 4.14. The van der Waals surface area contributed by atoms with Gasteiger partial charge in [0.05, 0.1) is 28.9 Å². The Labute approximate surface area is 205 Å². The smallest absolute Gasteiger partial charge is 0.241 e. The zero-order valence-corrected chi connectivity index (χ0v) is 20.2. The monoisotopic (exact) mass is 491 g/mol. The molecule has 1 aromatic carbocycles. The Morgan fingerprint density at radius 2 is 1.88 bits per heavy atom. The maximum atomic E-state index is 12.9. The van der Waals surface area contributed by atoms with E-state index in [0.29, 0.717) is 5.69 Å². The lowest BCUT2D eigenvalue weighted by Gasteiger charge is -2.11. The molecule has 2 amide bonds. The first kappa shape index (κ1) is 22.5. The van der Waals surface area contributed by atoms with Crippen LogP contribution in [-0.4, -0.2) is 32.6 Å². The highest BCUT2D eigenvalue weighted by molar-refractivity contribution is 7.17. The van der Waals surface area contributed by atoms with Crippen molar-refractivity contribution < 1.29 is 9.59 Å². The van der Waals surface area contributed by atoms with Crippen LogP contribution < -0.4 is 10.6 Å². The van der Waals surface area contributed by atoms with Gasteiger partial charge < -0.3 is 10.6 Å². The first-order chi connectivity index (χ1) is 16.6. The van der Waals surface area contributed by atoms with Crippen molar-refractivity contribution in [1.82, 2.24) is 20.1 Å². The lowest BCUT2D eigenvalue weighted by atomic mass is 10.2. The number of carbonyl (C=O) groups excluding carboxylic acids is 2. The van der Waals surface area contributed by atoms with Crippen molar-refractivity contribution in [3.05, 3.63) is 65.1 Å². The Balaban J connectivity index is 1.25. The van der Waals surface area contributed by atoms with Crippen molar-refractivity contribution in [2.24, 2.45) is 0 Å². The minimum Gasteiger partial charge on any atom is -0.352 e. The van der Waals surface area contributed by atoms with Crippen molar-refractivity contribution in [1.29, 1.82) is 0 Å². The molecule has 1 aliphatic rings. The van der Waals surface area contributed by atoms with Crippen LogP contribution in [0.1, 0.15) is 30.6 Å². The minimum atomic E-state index is -0.143. The van der Waals surface area contributed by atoms with E-state index < -0.39 is 0 Å². The van der Waals surface area contributed by atoms with Crippen LogP contribution in [0, 0.1) is 0 Å². The third kappa shape index (κ3) is 5.43. The van der Waals surface area contributed by atoms with E-state index in [2.05, 4.69) is 15.7 Å². The molecule has 3 aromatic heterocycles. The van der Waals surface area contributed by atoms with Crippen LogP contribution >= 0.6 is 22.7 Å². The van der Waals surface area contributed by atoms with E-state index in [1.54, 1.807) is 28.4 Å². The molecule has 3 heterocycles. The van der Waals surface area contributed by atoms with Gasteiger partial charge in [0.25, 0.3) is 0 Å². The second kappa shape index (κ2) is 10.3. The zero-order valence-electron chi connectivity index (χ0n) is 18.6. The molecular formula is C25H25N5O2S2. The number of anilines is 1. The highest BCUT2D eigenvalue weighted by atomic mass is 32.1. The first-order valence-corrected chi connectivity index (χ1v) is 13.0. The number of carbonyl (C=O) groups is 2. The van der Waals surface area contributed by atoms with Gasteiger partial charge in [0.2, 0.25) is 11.8 Å². The second-order valence-electron chi connectivity index (χ2n) is 8.33. The summed E-state index contributed by atoms with van der Waals surface area (Å²) in [5.74, 6) is -0.192. The van der Waals surface area contributed by atoms with Gasteiger partial charge in [-0.05, 0) is 24.3 Å². The molecule has 0 aliphatic heterocycles. The number of benzene rings is 1. The summed E-state index contributed by atoms with van der Waals surface area (Å²) in [6, 6.07) is 14.3. The lowest BCUT2D eigenvalue weighted by molar-refractivity contribution is -0.122. The molecule has 5 rings (SSSR count). The predicted octanol–water partition coefficient (Wildman–Crippen LogP) is 4.98. The molecule has 0 radical (unpaired) electrons. The summed E-state index contributed by atoms with van der Waals surface area (Å²) in [5, 5.41) is 13.1. The van der Waals surface area contributed by atoms with Crippen LogP contribution in [-0.2, 0) is 22.6 Å². The average molecular weight is 492 g/mol. The Hall–Kier alpha value is -3.30. The van der Waals surface area contributed by atoms with Crippen LogP contribution in [0.5, 0.6) is 0 Å². The maximum absolute atomic E-state index is 12.9. The average Bonchev–Trinajstić information content (AvgIpc) is 3.63.